The first-order chi connectivity index (χ1) is 12.7. The van der Waals surface area contributed by atoms with Crippen molar-refractivity contribution in [1.29, 1.82) is 0 Å². The van der Waals surface area contributed by atoms with Gasteiger partial charge in [-0.2, -0.15) is 0 Å². The van der Waals surface area contributed by atoms with E-state index in [4.69, 9.17) is 0 Å². The summed E-state index contributed by atoms with van der Waals surface area (Å²) in [6, 6.07) is 17.1. The third-order valence-electron chi connectivity index (χ3n) is 5.27. The van der Waals surface area contributed by atoms with Crippen LogP contribution in [-0.2, 0) is 17.8 Å². The monoisotopic (exact) mass is 349 g/mol. The molecule has 2 aliphatic heterocycles. The van der Waals surface area contributed by atoms with Gasteiger partial charge in [-0.1, -0.05) is 42.5 Å². The number of carbonyl (C=O) groups is 2. The summed E-state index contributed by atoms with van der Waals surface area (Å²) in [6.07, 6.45) is 2.48. The van der Waals surface area contributed by atoms with Crippen molar-refractivity contribution in [1.82, 2.24) is 9.80 Å². The van der Waals surface area contributed by atoms with Gasteiger partial charge in [-0.15, -0.1) is 0 Å². The van der Waals surface area contributed by atoms with Gasteiger partial charge in [0, 0.05) is 25.3 Å². The lowest BCUT2D eigenvalue weighted by atomic mass is 9.99. The molecule has 2 aliphatic rings. The maximum absolute atomic E-state index is 13.1. The molecule has 134 valence electrons. The smallest absolute Gasteiger partial charge is 0.322 e. The van der Waals surface area contributed by atoms with E-state index in [0.29, 0.717) is 13.1 Å². The Morgan fingerprint density at radius 1 is 0.923 bits per heavy atom. The molecule has 4 rings (SSSR count). The number of rotatable bonds is 2. The van der Waals surface area contributed by atoms with Crippen LogP contribution in [0.25, 0.3) is 0 Å². The molecule has 0 aromatic heterocycles. The van der Waals surface area contributed by atoms with Crippen LogP contribution in [0.15, 0.2) is 54.6 Å². The lowest BCUT2D eigenvalue weighted by molar-refractivity contribution is -0.136. The normalized spacial score (nSPS) is 19.2. The summed E-state index contributed by atoms with van der Waals surface area (Å²) >= 11 is 0. The van der Waals surface area contributed by atoms with Crippen molar-refractivity contribution in [2.75, 3.05) is 18.4 Å². The van der Waals surface area contributed by atoms with Crippen molar-refractivity contribution in [3.05, 3.63) is 65.7 Å². The topological polar surface area (TPSA) is 52.7 Å². The van der Waals surface area contributed by atoms with Crippen LogP contribution in [0.2, 0.25) is 0 Å². The van der Waals surface area contributed by atoms with Crippen molar-refractivity contribution in [3.8, 4) is 0 Å². The van der Waals surface area contributed by atoms with E-state index in [1.54, 1.807) is 4.90 Å². The van der Waals surface area contributed by atoms with E-state index in [-0.39, 0.29) is 18.0 Å². The molecule has 0 aliphatic carbocycles. The molecule has 0 bridgehead atoms. The van der Waals surface area contributed by atoms with Gasteiger partial charge in [-0.3, -0.25) is 4.79 Å². The first-order valence-electron chi connectivity index (χ1n) is 9.20. The second-order valence-electron chi connectivity index (χ2n) is 6.93. The second-order valence-corrected chi connectivity index (χ2v) is 6.93. The number of anilines is 1. The maximum Gasteiger partial charge on any atom is 0.322 e. The van der Waals surface area contributed by atoms with Gasteiger partial charge in [0.25, 0.3) is 0 Å². The zero-order valence-electron chi connectivity index (χ0n) is 14.7. The number of benzene rings is 2. The highest BCUT2D eigenvalue weighted by molar-refractivity contribution is 5.94. The summed E-state index contributed by atoms with van der Waals surface area (Å²) in [5.74, 6) is 0.0696. The molecule has 5 nitrogen and oxygen atoms in total. The standard InChI is InChI=1S/C21H23N3O2/c25-20(23-14-12-16-7-4-5-8-17(16)15-23)19-11-6-13-24(19)21(26)22-18-9-2-1-3-10-18/h1-5,7-10,19H,6,11-15H2,(H,22,26). The summed E-state index contributed by atoms with van der Waals surface area (Å²) in [5, 5.41) is 2.90. The van der Waals surface area contributed by atoms with Gasteiger partial charge in [0.05, 0.1) is 0 Å². The number of nitrogens with one attached hydrogen (secondary N) is 1. The third-order valence-corrected chi connectivity index (χ3v) is 5.27. The van der Waals surface area contributed by atoms with Gasteiger partial charge in [-0.05, 0) is 42.5 Å². The van der Waals surface area contributed by atoms with Crippen molar-refractivity contribution in [3.63, 3.8) is 0 Å². The number of likely N-dealkylation sites (tertiary alicyclic amines) is 1. The molecule has 1 N–H and O–H groups in total. The number of para-hydroxylation sites is 1. The summed E-state index contributed by atoms with van der Waals surface area (Å²) in [7, 11) is 0. The summed E-state index contributed by atoms with van der Waals surface area (Å²) in [4.78, 5) is 29.3. The van der Waals surface area contributed by atoms with E-state index in [9.17, 15) is 9.59 Å². The quantitative estimate of drug-likeness (QED) is 0.905. The van der Waals surface area contributed by atoms with Crippen LogP contribution in [0.4, 0.5) is 10.5 Å². The van der Waals surface area contributed by atoms with E-state index >= 15 is 0 Å². The van der Waals surface area contributed by atoms with Gasteiger partial charge in [-0.25, -0.2) is 4.79 Å². The van der Waals surface area contributed by atoms with Gasteiger partial charge in [0.2, 0.25) is 5.91 Å². The Labute approximate surface area is 153 Å². The number of amides is 3. The molecule has 2 heterocycles. The van der Waals surface area contributed by atoms with Crippen molar-refractivity contribution in [2.45, 2.75) is 31.8 Å². The van der Waals surface area contributed by atoms with Crippen LogP contribution < -0.4 is 5.32 Å². The molecular weight excluding hydrogens is 326 g/mol. The summed E-state index contributed by atoms with van der Waals surface area (Å²) in [6.45, 7) is 1.99. The van der Waals surface area contributed by atoms with E-state index in [2.05, 4.69) is 17.4 Å². The van der Waals surface area contributed by atoms with Gasteiger partial charge in [0.1, 0.15) is 6.04 Å². The van der Waals surface area contributed by atoms with Crippen molar-refractivity contribution < 1.29 is 9.59 Å². The van der Waals surface area contributed by atoms with Crippen molar-refractivity contribution >= 4 is 17.6 Å². The second kappa shape index (κ2) is 7.20. The van der Waals surface area contributed by atoms with Crippen molar-refractivity contribution in [2.24, 2.45) is 0 Å². The number of carbonyl (C=O) groups excluding carboxylic acids is 2. The lowest BCUT2D eigenvalue weighted by Crippen LogP contribution is -2.50. The Bertz CT molecular complexity index is 806. The average Bonchev–Trinajstić information content (AvgIpc) is 3.18. The van der Waals surface area contributed by atoms with E-state index < -0.39 is 0 Å². The molecule has 1 unspecified atom stereocenters. The Balaban J connectivity index is 1.45. The molecule has 5 heteroatoms. The highest BCUT2D eigenvalue weighted by Crippen LogP contribution is 2.24. The van der Waals surface area contributed by atoms with Gasteiger partial charge < -0.3 is 15.1 Å². The molecule has 0 spiro atoms. The summed E-state index contributed by atoms with van der Waals surface area (Å²) in [5.41, 5.74) is 3.29. The summed E-state index contributed by atoms with van der Waals surface area (Å²) < 4.78 is 0. The van der Waals surface area contributed by atoms with E-state index in [1.165, 1.54) is 11.1 Å². The molecule has 1 fully saturated rings. The Morgan fingerprint density at radius 3 is 2.46 bits per heavy atom. The first kappa shape index (κ1) is 16.6. The van der Waals surface area contributed by atoms with Gasteiger partial charge in [0.15, 0.2) is 0 Å². The van der Waals surface area contributed by atoms with Crippen LogP contribution in [0, 0.1) is 0 Å². The maximum atomic E-state index is 13.1. The minimum Gasteiger partial charge on any atom is -0.336 e. The zero-order chi connectivity index (χ0) is 17.9. The van der Waals surface area contributed by atoms with Crippen LogP contribution in [-0.4, -0.2) is 40.9 Å². The minimum absolute atomic E-state index is 0.0696. The predicted molar refractivity (Wildman–Crippen MR) is 101 cm³/mol. The highest BCUT2D eigenvalue weighted by Gasteiger charge is 2.37. The molecule has 1 saturated heterocycles. The number of hydrogen-bond donors (Lipinski definition) is 1. The Kier molecular flexibility index (Phi) is 4.61. The molecular formula is C21H23N3O2. The SMILES string of the molecule is O=C(C1CCCN1C(=O)Nc1ccccc1)N1CCc2ccccc2C1. The fourth-order valence-electron chi connectivity index (χ4n) is 3.88. The zero-order valence-corrected chi connectivity index (χ0v) is 14.7. The van der Waals surface area contributed by atoms with Crippen LogP contribution in [0.5, 0.6) is 0 Å². The molecule has 26 heavy (non-hydrogen) atoms. The van der Waals surface area contributed by atoms with Crippen LogP contribution in [0.3, 0.4) is 0 Å². The average molecular weight is 349 g/mol. The fourth-order valence-corrected chi connectivity index (χ4v) is 3.88. The molecule has 2 aromatic carbocycles. The van der Waals surface area contributed by atoms with Crippen LogP contribution >= 0.6 is 0 Å². The van der Waals surface area contributed by atoms with Gasteiger partial charge >= 0.3 is 6.03 Å². The third kappa shape index (κ3) is 3.29. The molecule has 0 saturated carbocycles. The molecule has 0 radical (unpaired) electrons. The van der Waals surface area contributed by atoms with E-state index in [1.807, 2.05) is 47.4 Å². The highest BCUT2D eigenvalue weighted by atomic mass is 16.2. The lowest BCUT2D eigenvalue weighted by Gasteiger charge is -2.33. The molecule has 2 aromatic rings. The molecule has 1 atom stereocenters. The van der Waals surface area contributed by atoms with E-state index in [0.717, 1.165) is 31.5 Å². The number of hydrogen-bond acceptors (Lipinski definition) is 2. The Hall–Kier alpha value is -2.82. The minimum atomic E-state index is -0.357. The largest absolute Gasteiger partial charge is 0.336 e. The first-order valence-corrected chi connectivity index (χ1v) is 9.20. The fraction of sp³-hybridized carbons (Fsp3) is 0.333. The predicted octanol–water partition coefficient (Wildman–Crippen LogP) is 3.27. The number of nitrogens with zero attached hydrogens (tertiary/aromatic N) is 2. The number of fused-ring (bicyclic) bond motifs is 1. The molecule has 3 amide bonds. The number of urea groups is 1. The van der Waals surface area contributed by atoms with Crippen LogP contribution in [0.1, 0.15) is 24.0 Å². The Morgan fingerprint density at radius 2 is 1.65 bits per heavy atom.